The predicted molar refractivity (Wildman–Crippen MR) is 214 cm³/mol. The lowest BCUT2D eigenvalue weighted by Crippen LogP contribution is -2.35. The zero-order valence-corrected chi connectivity index (χ0v) is 28.2. The number of rotatable bonds is 5. The van der Waals surface area contributed by atoms with Gasteiger partial charge in [-0.15, -0.1) is 0 Å². The summed E-state index contributed by atoms with van der Waals surface area (Å²) >= 11 is 1.95. The average Bonchev–Trinajstić information content (AvgIpc) is 3.59. The molecule has 10 rings (SSSR count). The van der Waals surface area contributed by atoms with Gasteiger partial charge in [0.15, 0.2) is 0 Å². The van der Waals surface area contributed by atoms with Gasteiger partial charge in [0.1, 0.15) is 0 Å². The van der Waals surface area contributed by atoms with Crippen LogP contribution in [0, 0.1) is 0 Å². The molecule has 1 aliphatic carbocycles. The second kappa shape index (κ2) is 11.9. The minimum atomic E-state index is 0.111. The fraction of sp³-hybridized carbons (Fsp3) is 0.0417. The Bertz CT molecular complexity index is 2620. The van der Waals surface area contributed by atoms with E-state index in [4.69, 9.17) is 0 Å². The van der Waals surface area contributed by atoms with Crippen LogP contribution < -0.4 is 4.90 Å². The van der Waals surface area contributed by atoms with Crippen LogP contribution in [0.15, 0.2) is 198 Å². The molecular weight excluding hydrogens is 623 g/mol. The summed E-state index contributed by atoms with van der Waals surface area (Å²) in [5, 5.41) is 7.78. The summed E-state index contributed by atoms with van der Waals surface area (Å²) in [4.78, 5) is 5.36. The summed E-state index contributed by atoms with van der Waals surface area (Å²) in [5.74, 6) is 0.238. The van der Waals surface area contributed by atoms with Crippen molar-refractivity contribution in [1.29, 1.82) is 0 Å². The Morgan fingerprint density at radius 2 is 1.06 bits per heavy atom. The molecule has 50 heavy (non-hydrogen) atoms. The third-order valence-electron chi connectivity index (χ3n) is 10.5. The van der Waals surface area contributed by atoms with Crippen LogP contribution >= 0.6 is 11.8 Å². The summed E-state index contributed by atoms with van der Waals surface area (Å²) in [7, 11) is 0. The van der Waals surface area contributed by atoms with Crippen molar-refractivity contribution in [3.05, 3.63) is 199 Å². The molecule has 0 radical (unpaired) electrons. The summed E-state index contributed by atoms with van der Waals surface area (Å²) in [6.45, 7) is 0. The Kier molecular flexibility index (Phi) is 6.96. The molecule has 2 heteroatoms. The first-order valence-corrected chi connectivity index (χ1v) is 18.2. The van der Waals surface area contributed by atoms with Gasteiger partial charge < -0.3 is 4.90 Å². The SMILES string of the molecule is C1=CC(N(c2ccc(-c3ccccc3)cc2)c2ccc(-c3cc4ccccc4c4ccccc34)cc2)C2C(=C1)Sc1c2ccc2ccccc12. The molecule has 2 atom stereocenters. The predicted octanol–water partition coefficient (Wildman–Crippen LogP) is 13.3. The molecule has 1 heterocycles. The molecule has 1 nitrogen and oxygen atoms in total. The summed E-state index contributed by atoms with van der Waals surface area (Å²) in [6, 6.07) is 62.5. The molecule has 0 bridgehead atoms. The topological polar surface area (TPSA) is 3.24 Å². The lowest BCUT2D eigenvalue weighted by Gasteiger charge is -2.38. The molecule has 2 aliphatic rings. The summed E-state index contributed by atoms with van der Waals surface area (Å²) < 4.78 is 0. The monoisotopic (exact) mass is 655 g/mol. The minimum Gasteiger partial charge on any atom is -0.334 e. The first kappa shape index (κ1) is 29.1. The number of hydrogen-bond donors (Lipinski definition) is 0. The first-order chi connectivity index (χ1) is 24.8. The van der Waals surface area contributed by atoms with E-state index < -0.39 is 0 Å². The zero-order chi connectivity index (χ0) is 33.0. The molecule has 0 amide bonds. The highest BCUT2D eigenvalue weighted by Crippen LogP contribution is 2.56. The standard InChI is InChI=1S/C48H33NS/c1-2-11-32(12-3-1)33-21-26-37(27-22-33)49(45-19-10-20-46-47(45)43-30-25-34-13-4-7-16-40(34)48(43)50-46)38-28-23-35(24-29-38)44-31-36-14-5-6-15-39(36)41-17-8-9-18-42(41)44/h1-31,45,47H. The maximum Gasteiger partial charge on any atom is 0.0640 e. The van der Waals surface area contributed by atoms with Crippen molar-refractivity contribution < 1.29 is 0 Å². The van der Waals surface area contributed by atoms with E-state index in [2.05, 4.69) is 193 Å². The molecular formula is C48H33NS. The van der Waals surface area contributed by atoms with Crippen LogP contribution in [-0.4, -0.2) is 6.04 Å². The minimum absolute atomic E-state index is 0.111. The number of anilines is 2. The lowest BCUT2D eigenvalue weighted by molar-refractivity contribution is 0.683. The van der Waals surface area contributed by atoms with Gasteiger partial charge in [0.25, 0.3) is 0 Å². The quantitative estimate of drug-likeness (QED) is 0.170. The van der Waals surface area contributed by atoms with E-state index in [9.17, 15) is 0 Å². The Morgan fingerprint density at radius 1 is 0.460 bits per heavy atom. The van der Waals surface area contributed by atoms with E-state index >= 15 is 0 Å². The van der Waals surface area contributed by atoms with E-state index in [1.54, 1.807) is 0 Å². The van der Waals surface area contributed by atoms with Crippen LogP contribution in [-0.2, 0) is 0 Å². The molecule has 236 valence electrons. The molecule has 0 saturated carbocycles. The van der Waals surface area contributed by atoms with Gasteiger partial charge in [0.2, 0.25) is 0 Å². The largest absolute Gasteiger partial charge is 0.334 e. The van der Waals surface area contributed by atoms with Crippen LogP contribution in [0.5, 0.6) is 0 Å². The van der Waals surface area contributed by atoms with Crippen LogP contribution in [0.3, 0.4) is 0 Å². The van der Waals surface area contributed by atoms with Crippen molar-refractivity contribution in [3.8, 4) is 22.3 Å². The third kappa shape index (κ3) is 4.79. The Hall–Kier alpha value is -5.83. The van der Waals surface area contributed by atoms with Gasteiger partial charge in [-0.05, 0) is 95.4 Å². The van der Waals surface area contributed by atoms with E-state index in [1.807, 2.05) is 11.8 Å². The van der Waals surface area contributed by atoms with E-state index in [0.29, 0.717) is 0 Å². The molecule has 0 saturated heterocycles. The van der Waals surface area contributed by atoms with Crippen molar-refractivity contribution in [1.82, 2.24) is 0 Å². The second-order valence-corrected chi connectivity index (χ2v) is 14.3. The molecule has 8 aromatic rings. The van der Waals surface area contributed by atoms with E-state index in [1.165, 1.54) is 81.3 Å². The Balaban J connectivity index is 1.10. The van der Waals surface area contributed by atoms with Gasteiger partial charge in [0.05, 0.1) is 6.04 Å². The first-order valence-electron chi connectivity index (χ1n) is 17.3. The van der Waals surface area contributed by atoms with Crippen LogP contribution in [0.1, 0.15) is 11.5 Å². The number of allylic oxidation sites excluding steroid dienone is 2. The molecule has 0 N–H and O–H groups in total. The van der Waals surface area contributed by atoms with Crippen LogP contribution in [0.4, 0.5) is 11.4 Å². The maximum atomic E-state index is 2.55. The average molecular weight is 656 g/mol. The molecule has 0 spiro atoms. The molecule has 2 unspecified atom stereocenters. The highest BCUT2D eigenvalue weighted by Gasteiger charge is 2.39. The van der Waals surface area contributed by atoms with Crippen molar-refractivity contribution in [3.63, 3.8) is 0 Å². The van der Waals surface area contributed by atoms with Gasteiger partial charge in [-0.3, -0.25) is 0 Å². The Morgan fingerprint density at radius 3 is 1.82 bits per heavy atom. The highest BCUT2D eigenvalue weighted by atomic mass is 32.2. The molecule has 0 aromatic heterocycles. The maximum absolute atomic E-state index is 2.55. The molecule has 8 aromatic carbocycles. The van der Waals surface area contributed by atoms with E-state index in [-0.39, 0.29) is 12.0 Å². The van der Waals surface area contributed by atoms with Crippen LogP contribution in [0.25, 0.3) is 54.6 Å². The van der Waals surface area contributed by atoms with Gasteiger partial charge >= 0.3 is 0 Å². The third-order valence-corrected chi connectivity index (χ3v) is 11.7. The van der Waals surface area contributed by atoms with Gasteiger partial charge in [-0.25, -0.2) is 0 Å². The van der Waals surface area contributed by atoms with Gasteiger partial charge in [-0.2, -0.15) is 0 Å². The van der Waals surface area contributed by atoms with Crippen molar-refractivity contribution in [2.75, 3.05) is 4.90 Å². The Labute approximate surface area is 296 Å². The summed E-state index contributed by atoms with van der Waals surface area (Å²) in [6.07, 6.45) is 6.98. The number of hydrogen-bond acceptors (Lipinski definition) is 2. The smallest absolute Gasteiger partial charge is 0.0640 e. The summed E-state index contributed by atoms with van der Waals surface area (Å²) in [5.41, 5.74) is 8.72. The lowest BCUT2D eigenvalue weighted by atomic mass is 9.85. The molecule has 1 aliphatic heterocycles. The van der Waals surface area contributed by atoms with Gasteiger partial charge in [0, 0.05) is 22.2 Å². The van der Waals surface area contributed by atoms with Crippen molar-refractivity contribution >= 4 is 55.5 Å². The number of nitrogens with zero attached hydrogens (tertiary/aromatic N) is 1. The number of benzene rings is 8. The van der Waals surface area contributed by atoms with Gasteiger partial charge in [-0.1, -0.05) is 170 Å². The second-order valence-electron chi connectivity index (χ2n) is 13.2. The van der Waals surface area contributed by atoms with Crippen LogP contribution in [0.2, 0.25) is 0 Å². The van der Waals surface area contributed by atoms with Crippen molar-refractivity contribution in [2.24, 2.45) is 0 Å². The number of fused-ring (bicyclic) bond motifs is 8. The number of thioether (sulfide) groups is 1. The fourth-order valence-corrected chi connectivity index (χ4v) is 9.47. The molecule has 0 fully saturated rings. The van der Waals surface area contributed by atoms with E-state index in [0.717, 1.165) is 0 Å². The fourth-order valence-electron chi connectivity index (χ4n) is 8.09. The normalized spacial score (nSPS) is 16.4. The highest BCUT2D eigenvalue weighted by molar-refractivity contribution is 8.03. The van der Waals surface area contributed by atoms with Crippen molar-refractivity contribution in [2.45, 2.75) is 16.9 Å². The zero-order valence-electron chi connectivity index (χ0n) is 27.4.